The van der Waals surface area contributed by atoms with Crippen molar-refractivity contribution in [1.82, 2.24) is 0 Å². The number of nitrogens with zero attached hydrogens (tertiary/aromatic N) is 1. The molecule has 0 radical (unpaired) electrons. The van der Waals surface area contributed by atoms with Gasteiger partial charge in [0.25, 0.3) is 0 Å². The van der Waals surface area contributed by atoms with Crippen molar-refractivity contribution in [2.45, 2.75) is 5.25 Å². The van der Waals surface area contributed by atoms with Gasteiger partial charge < -0.3 is 9.47 Å². The van der Waals surface area contributed by atoms with E-state index < -0.39 is 6.67 Å². The smallest absolute Gasteiger partial charge is 0.165 e. The number of methoxy groups -OCH3 is 2. The van der Waals surface area contributed by atoms with Gasteiger partial charge in [0.2, 0.25) is 0 Å². The molecule has 5 nitrogen and oxygen atoms in total. The highest BCUT2D eigenvalue weighted by atomic mass is 35.5. The Kier molecular flexibility index (Phi) is 5.92. The van der Waals surface area contributed by atoms with Crippen LogP contribution in [0.3, 0.4) is 0 Å². The summed E-state index contributed by atoms with van der Waals surface area (Å²) in [6.45, 7) is -0.956. The molecule has 1 heterocycles. The van der Waals surface area contributed by atoms with E-state index in [0.29, 0.717) is 28.0 Å². The van der Waals surface area contributed by atoms with Crippen molar-refractivity contribution in [3.63, 3.8) is 0 Å². The first kappa shape index (κ1) is 19.5. The Labute approximate surface area is 166 Å². The predicted molar refractivity (Wildman–Crippen MR) is 109 cm³/mol. The third-order valence-electron chi connectivity index (χ3n) is 4.28. The van der Waals surface area contributed by atoms with Gasteiger partial charge in [0.1, 0.15) is 18.3 Å². The molecule has 1 aliphatic rings. The zero-order valence-electron chi connectivity index (χ0n) is 14.9. The molecule has 0 saturated heterocycles. The second-order valence-electron chi connectivity index (χ2n) is 5.84. The fraction of sp³-hybridized carbons (Fsp3) is 0.263. The second kappa shape index (κ2) is 8.19. The first-order chi connectivity index (χ1) is 13.0. The maximum absolute atomic E-state index is 13.3. The lowest BCUT2D eigenvalue weighted by Gasteiger charge is -2.25. The molecular weight excluding hydrogens is 389 g/mol. The Morgan fingerprint density at radius 1 is 1.26 bits per heavy atom. The van der Waals surface area contributed by atoms with Crippen molar-refractivity contribution in [2.75, 3.05) is 31.5 Å². The molecule has 1 aliphatic heterocycles. The fourth-order valence-electron chi connectivity index (χ4n) is 3.14. The number of rotatable bonds is 4. The number of ether oxygens (including phenoxy) is 2. The highest BCUT2D eigenvalue weighted by Crippen LogP contribution is 2.48. The molecule has 0 unspecified atom stereocenters. The maximum Gasteiger partial charge on any atom is 0.165 e. The molecule has 0 fully saturated rings. The molecular formula is C19H19ClFN3O2S. The van der Waals surface area contributed by atoms with E-state index in [1.54, 1.807) is 32.4 Å². The van der Waals surface area contributed by atoms with Crippen LogP contribution in [0.2, 0.25) is 5.02 Å². The number of halogens is 2. The topological polar surface area (TPSA) is 69.4 Å². The third-order valence-corrected chi connectivity index (χ3v) is 5.80. The van der Waals surface area contributed by atoms with Crippen LogP contribution in [-0.2, 0) is 0 Å². The number of hydrogen-bond acceptors (Lipinski definition) is 5. The number of anilines is 1. The summed E-state index contributed by atoms with van der Waals surface area (Å²) in [7, 11) is 3.15. The summed E-state index contributed by atoms with van der Waals surface area (Å²) >= 11 is 7.74. The summed E-state index contributed by atoms with van der Waals surface area (Å²) in [4.78, 5) is 1.34. The minimum atomic E-state index is -0.956. The van der Waals surface area contributed by atoms with E-state index in [1.807, 2.05) is 18.2 Å². The number of para-hydroxylation sites is 1. The summed E-state index contributed by atoms with van der Waals surface area (Å²) < 4.78 is 24.3. The van der Waals surface area contributed by atoms with Crippen molar-refractivity contribution in [2.24, 2.45) is 0 Å². The van der Waals surface area contributed by atoms with E-state index in [9.17, 15) is 4.39 Å². The van der Waals surface area contributed by atoms with Crippen LogP contribution in [0.4, 0.5) is 10.1 Å². The van der Waals surface area contributed by atoms with Gasteiger partial charge >= 0.3 is 0 Å². The van der Waals surface area contributed by atoms with Crippen molar-refractivity contribution in [3.05, 3.63) is 52.5 Å². The van der Waals surface area contributed by atoms with Crippen LogP contribution >= 0.6 is 23.4 Å². The number of alkyl halides is 1. The van der Waals surface area contributed by atoms with Crippen LogP contribution in [0.1, 0.15) is 16.4 Å². The number of hydrogen-bond donors (Lipinski definition) is 2. The number of thioether (sulfide) groups is 1. The summed E-state index contributed by atoms with van der Waals surface area (Å²) in [6, 6.07) is 10.8. The Hall–Kier alpha value is -2.25. The lowest BCUT2D eigenvalue weighted by atomic mass is 10.00. The van der Waals surface area contributed by atoms with E-state index in [4.69, 9.17) is 31.9 Å². The number of amidine groups is 2. The second-order valence-corrected chi connectivity index (χ2v) is 7.37. The normalized spacial score (nSPS) is 16.5. The van der Waals surface area contributed by atoms with E-state index in [1.165, 1.54) is 16.7 Å². The lowest BCUT2D eigenvalue weighted by Crippen LogP contribution is -2.38. The quantitative estimate of drug-likeness (QED) is 0.557. The van der Waals surface area contributed by atoms with Gasteiger partial charge in [-0.15, -0.1) is 11.8 Å². The molecule has 0 amide bonds. The molecule has 3 rings (SSSR count). The van der Waals surface area contributed by atoms with E-state index in [-0.39, 0.29) is 16.9 Å². The summed E-state index contributed by atoms with van der Waals surface area (Å²) in [5.41, 5.74) is 2.23. The Balaban J connectivity index is 2.22. The standard InChI is InChI=1S/C19H19ClFN3O2S/c1-25-15-5-3-4-12(18(15)26-2)19-13-8-11(20)6-7-14(13)24(16(22)9-21)17(23)10-27-19/h3-8,19,22-23H,9-10H2,1-2H3/t19-/m1/s1. The van der Waals surface area contributed by atoms with Crippen LogP contribution < -0.4 is 14.4 Å². The summed E-state index contributed by atoms with van der Waals surface area (Å²) in [5, 5.41) is 16.6. The predicted octanol–water partition coefficient (Wildman–Crippen LogP) is 4.92. The van der Waals surface area contributed by atoms with Crippen LogP contribution in [0.25, 0.3) is 0 Å². The molecule has 0 spiro atoms. The first-order valence-corrected chi connectivity index (χ1v) is 9.57. The van der Waals surface area contributed by atoms with Crippen LogP contribution in [0.5, 0.6) is 11.5 Å². The van der Waals surface area contributed by atoms with Crippen LogP contribution in [0, 0.1) is 10.8 Å². The minimum Gasteiger partial charge on any atom is -0.493 e. The Morgan fingerprint density at radius 2 is 2.04 bits per heavy atom. The minimum absolute atomic E-state index is 0.149. The third kappa shape index (κ3) is 3.61. The molecule has 0 saturated carbocycles. The molecule has 0 aliphatic carbocycles. The highest BCUT2D eigenvalue weighted by Gasteiger charge is 2.32. The molecule has 8 heteroatoms. The molecule has 2 aromatic carbocycles. The summed E-state index contributed by atoms with van der Waals surface area (Å²) in [5.74, 6) is 1.38. The van der Waals surface area contributed by atoms with Gasteiger partial charge in [-0.05, 0) is 29.8 Å². The molecule has 1 atom stereocenters. The Bertz CT molecular complexity index is 893. The average Bonchev–Trinajstić information content (AvgIpc) is 2.82. The molecule has 2 N–H and O–H groups in total. The molecule has 0 bridgehead atoms. The maximum atomic E-state index is 13.3. The van der Waals surface area contributed by atoms with Crippen molar-refractivity contribution < 1.29 is 13.9 Å². The van der Waals surface area contributed by atoms with Crippen molar-refractivity contribution in [1.29, 1.82) is 10.8 Å². The average molecular weight is 408 g/mol. The molecule has 2 aromatic rings. The zero-order valence-corrected chi connectivity index (χ0v) is 16.5. The number of fused-ring (bicyclic) bond motifs is 1. The van der Waals surface area contributed by atoms with Gasteiger partial charge in [0.05, 0.1) is 30.9 Å². The van der Waals surface area contributed by atoms with Gasteiger partial charge in [-0.3, -0.25) is 15.7 Å². The number of nitrogens with one attached hydrogen (secondary N) is 2. The monoisotopic (exact) mass is 407 g/mol. The van der Waals surface area contributed by atoms with Gasteiger partial charge in [0.15, 0.2) is 11.5 Å². The van der Waals surface area contributed by atoms with Crippen LogP contribution in [0.15, 0.2) is 36.4 Å². The zero-order chi connectivity index (χ0) is 19.6. The largest absolute Gasteiger partial charge is 0.493 e. The SMILES string of the molecule is COc1cccc([C@H]2SCC(=N)N(C(=N)CF)c3ccc(Cl)cc32)c1OC. The molecule has 142 valence electrons. The highest BCUT2D eigenvalue weighted by molar-refractivity contribution is 8.00. The lowest BCUT2D eigenvalue weighted by molar-refractivity contribution is 0.352. The van der Waals surface area contributed by atoms with E-state index in [2.05, 4.69) is 0 Å². The molecule has 27 heavy (non-hydrogen) atoms. The molecule has 0 aromatic heterocycles. The van der Waals surface area contributed by atoms with Crippen molar-refractivity contribution >= 4 is 40.7 Å². The van der Waals surface area contributed by atoms with Crippen LogP contribution in [-0.4, -0.2) is 38.3 Å². The first-order valence-electron chi connectivity index (χ1n) is 8.14. The number of benzene rings is 2. The Morgan fingerprint density at radius 3 is 2.70 bits per heavy atom. The van der Waals surface area contributed by atoms with E-state index in [0.717, 1.165) is 11.1 Å². The van der Waals surface area contributed by atoms with Crippen molar-refractivity contribution in [3.8, 4) is 11.5 Å². The fourth-order valence-corrected chi connectivity index (χ4v) is 4.51. The van der Waals surface area contributed by atoms with E-state index >= 15 is 0 Å². The van der Waals surface area contributed by atoms with Gasteiger partial charge in [-0.25, -0.2) is 4.39 Å². The van der Waals surface area contributed by atoms with Gasteiger partial charge in [-0.1, -0.05) is 23.7 Å². The van der Waals surface area contributed by atoms with Gasteiger partial charge in [0, 0.05) is 10.6 Å². The van der Waals surface area contributed by atoms with Gasteiger partial charge in [-0.2, -0.15) is 0 Å². The summed E-state index contributed by atoms with van der Waals surface area (Å²) in [6.07, 6.45) is 0.